The summed E-state index contributed by atoms with van der Waals surface area (Å²) in [4.78, 5) is 57.7. The maximum Gasteiger partial charge on any atom is 0.326 e. The molecule has 3 amide bonds. The van der Waals surface area contributed by atoms with Crippen LogP contribution >= 0.6 is 0 Å². The summed E-state index contributed by atoms with van der Waals surface area (Å²) >= 11 is 0. The molecule has 1 aromatic heterocycles. The Labute approximate surface area is 185 Å². The van der Waals surface area contributed by atoms with Crippen LogP contribution in [0, 0.1) is 5.92 Å². The van der Waals surface area contributed by atoms with Gasteiger partial charge in [0.05, 0.1) is 18.5 Å². The molecule has 0 radical (unpaired) electrons. The average molecular weight is 453 g/mol. The molecule has 0 saturated carbocycles. The minimum Gasteiger partial charge on any atom is -0.480 e. The molecule has 0 bridgehead atoms. The maximum atomic E-state index is 12.9. The van der Waals surface area contributed by atoms with E-state index in [4.69, 9.17) is 5.73 Å². The summed E-state index contributed by atoms with van der Waals surface area (Å²) in [6.07, 6.45) is 2.75. The van der Waals surface area contributed by atoms with Crippen molar-refractivity contribution in [2.75, 3.05) is 6.54 Å². The van der Waals surface area contributed by atoms with E-state index in [2.05, 4.69) is 20.6 Å². The number of hydrogen-bond acceptors (Lipinski definition) is 7. The van der Waals surface area contributed by atoms with Gasteiger partial charge in [-0.15, -0.1) is 0 Å². The molecule has 5 atom stereocenters. The highest BCUT2D eigenvalue weighted by molar-refractivity contribution is 5.94. The Morgan fingerprint density at radius 2 is 1.88 bits per heavy atom. The first kappa shape index (κ1) is 25.3. The molecule has 1 fully saturated rings. The Kier molecular flexibility index (Phi) is 8.72. The predicted molar refractivity (Wildman–Crippen MR) is 113 cm³/mol. The monoisotopic (exact) mass is 452 g/mol. The van der Waals surface area contributed by atoms with E-state index in [0.29, 0.717) is 18.5 Å². The third kappa shape index (κ3) is 6.26. The van der Waals surface area contributed by atoms with E-state index < -0.39 is 54.0 Å². The van der Waals surface area contributed by atoms with Crippen LogP contribution in [0.2, 0.25) is 0 Å². The van der Waals surface area contributed by atoms with Crippen LogP contribution in [0.1, 0.15) is 39.3 Å². The molecular weight excluding hydrogens is 420 g/mol. The number of amides is 3. The molecule has 0 aromatic carbocycles. The van der Waals surface area contributed by atoms with Crippen molar-refractivity contribution in [1.82, 2.24) is 25.5 Å². The number of aliphatic carboxylic acids is 1. The lowest BCUT2D eigenvalue weighted by atomic mass is 10.0. The second-order valence-electron chi connectivity index (χ2n) is 8.37. The first-order valence-corrected chi connectivity index (χ1v) is 10.6. The largest absolute Gasteiger partial charge is 0.480 e. The van der Waals surface area contributed by atoms with Gasteiger partial charge in [0, 0.05) is 24.9 Å². The molecule has 178 valence electrons. The van der Waals surface area contributed by atoms with Gasteiger partial charge in [0.1, 0.15) is 18.1 Å². The number of carboxylic acid groups (broad SMARTS) is 1. The van der Waals surface area contributed by atoms with Crippen LogP contribution in [-0.2, 0) is 25.6 Å². The minimum atomic E-state index is -1.35. The van der Waals surface area contributed by atoms with Gasteiger partial charge in [-0.25, -0.2) is 9.78 Å². The molecule has 2 heterocycles. The summed E-state index contributed by atoms with van der Waals surface area (Å²) < 4.78 is 0. The van der Waals surface area contributed by atoms with Gasteiger partial charge in [0.25, 0.3) is 0 Å². The summed E-state index contributed by atoms with van der Waals surface area (Å²) in [7, 11) is 0. The summed E-state index contributed by atoms with van der Waals surface area (Å²) in [5.74, 6) is -3.39. The number of nitrogens with one attached hydrogen (secondary N) is 3. The minimum absolute atomic E-state index is 0.193. The van der Waals surface area contributed by atoms with Crippen LogP contribution in [-0.4, -0.2) is 85.6 Å². The number of nitrogens with two attached hydrogens (primary N) is 1. The van der Waals surface area contributed by atoms with Crippen LogP contribution in [0.15, 0.2) is 12.5 Å². The first-order chi connectivity index (χ1) is 15.0. The van der Waals surface area contributed by atoms with Crippen molar-refractivity contribution >= 4 is 23.7 Å². The molecule has 12 heteroatoms. The molecule has 2 rings (SSSR count). The first-order valence-electron chi connectivity index (χ1n) is 10.6. The fourth-order valence-corrected chi connectivity index (χ4v) is 3.62. The van der Waals surface area contributed by atoms with Gasteiger partial charge in [-0.3, -0.25) is 14.4 Å². The van der Waals surface area contributed by atoms with Crippen molar-refractivity contribution < 1.29 is 29.4 Å². The standard InChI is InChI=1S/C20H32N6O6/c1-10(2)15(24-17(28)13(21)7-12-8-22-9-23-12)18(29)25-16(11(3)27)19(30)26-6-4-5-14(26)20(31)32/h8-11,13-16,27H,4-7,21H2,1-3H3,(H,22,23)(H,24,28)(H,25,29)(H,31,32). The molecule has 1 saturated heterocycles. The number of nitrogens with zero attached hydrogens (tertiary/aromatic N) is 2. The van der Waals surface area contributed by atoms with E-state index in [1.807, 2.05) is 0 Å². The lowest BCUT2D eigenvalue weighted by Crippen LogP contribution is -2.61. The summed E-state index contributed by atoms with van der Waals surface area (Å²) in [6.45, 7) is 4.98. The van der Waals surface area contributed by atoms with E-state index in [9.17, 15) is 29.4 Å². The number of H-pyrrole nitrogens is 1. The zero-order chi connectivity index (χ0) is 24.0. The van der Waals surface area contributed by atoms with Crippen molar-refractivity contribution in [2.45, 2.75) is 70.3 Å². The summed E-state index contributed by atoms with van der Waals surface area (Å²) in [6, 6.07) is -4.29. The predicted octanol–water partition coefficient (Wildman–Crippen LogP) is -1.64. The van der Waals surface area contributed by atoms with Crippen molar-refractivity contribution in [2.24, 2.45) is 11.7 Å². The number of rotatable bonds is 10. The highest BCUT2D eigenvalue weighted by Crippen LogP contribution is 2.19. The normalized spacial score (nSPS) is 19.8. The third-order valence-electron chi connectivity index (χ3n) is 5.45. The molecule has 1 aliphatic heterocycles. The molecule has 1 aliphatic rings. The van der Waals surface area contributed by atoms with Gasteiger partial charge in [0.15, 0.2) is 0 Å². The Hall–Kier alpha value is -2.99. The van der Waals surface area contributed by atoms with Crippen LogP contribution in [0.3, 0.4) is 0 Å². The molecule has 0 spiro atoms. The van der Waals surface area contributed by atoms with Gasteiger partial charge in [-0.05, 0) is 25.7 Å². The van der Waals surface area contributed by atoms with Crippen molar-refractivity contribution in [3.63, 3.8) is 0 Å². The van der Waals surface area contributed by atoms with Crippen molar-refractivity contribution in [3.05, 3.63) is 18.2 Å². The van der Waals surface area contributed by atoms with Crippen LogP contribution in [0.5, 0.6) is 0 Å². The molecular formula is C20H32N6O6. The van der Waals surface area contributed by atoms with Crippen molar-refractivity contribution in [3.8, 4) is 0 Å². The van der Waals surface area contributed by atoms with Crippen molar-refractivity contribution in [1.29, 1.82) is 0 Å². The zero-order valence-electron chi connectivity index (χ0n) is 18.4. The topological polar surface area (TPSA) is 191 Å². The lowest BCUT2D eigenvalue weighted by Gasteiger charge is -2.31. The number of imidazole rings is 1. The number of aromatic nitrogens is 2. The zero-order valence-corrected chi connectivity index (χ0v) is 18.4. The Morgan fingerprint density at radius 3 is 2.41 bits per heavy atom. The number of hydrogen-bond donors (Lipinski definition) is 6. The molecule has 5 unspecified atom stereocenters. The fourth-order valence-electron chi connectivity index (χ4n) is 3.62. The Balaban J connectivity index is 2.07. The highest BCUT2D eigenvalue weighted by atomic mass is 16.4. The number of aromatic amines is 1. The Bertz CT molecular complexity index is 812. The number of aliphatic hydroxyl groups is 1. The third-order valence-corrected chi connectivity index (χ3v) is 5.45. The van der Waals surface area contributed by atoms with E-state index in [1.165, 1.54) is 13.3 Å². The quantitative estimate of drug-likeness (QED) is 0.243. The summed E-state index contributed by atoms with van der Waals surface area (Å²) in [5, 5.41) is 24.5. The molecule has 12 nitrogen and oxygen atoms in total. The molecule has 1 aromatic rings. The second-order valence-corrected chi connectivity index (χ2v) is 8.37. The molecule has 0 aliphatic carbocycles. The van der Waals surface area contributed by atoms with E-state index >= 15 is 0 Å². The van der Waals surface area contributed by atoms with Gasteiger partial charge >= 0.3 is 5.97 Å². The van der Waals surface area contributed by atoms with Gasteiger partial charge in [-0.1, -0.05) is 13.8 Å². The second kappa shape index (κ2) is 11.0. The number of carboxylic acids is 1. The Morgan fingerprint density at radius 1 is 1.22 bits per heavy atom. The molecule has 32 heavy (non-hydrogen) atoms. The smallest absolute Gasteiger partial charge is 0.326 e. The number of likely N-dealkylation sites (tertiary alicyclic amines) is 1. The average Bonchev–Trinajstić information content (AvgIpc) is 3.40. The summed E-state index contributed by atoms with van der Waals surface area (Å²) in [5.41, 5.74) is 6.60. The SMILES string of the molecule is CC(C)C(NC(=O)C(N)Cc1cnc[nH]1)C(=O)NC(C(=O)N1CCCC1C(=O)O)C(C)O. The van der Waals surface area contributed by atoms with Crippen LogP contribution in [0.25, 0.3) is 0 Å². The molecule has 7 N–H and O–H groups in total. The number of aliphatic hydroxyl groups excluding tert-OH is 1. The van der Waals surface area contributed by atoms with E-state index in [-0.39, 0.29) is 18.9 Å². The number of carbonyl (C=O) groups is 4. The fraction of sp³-hybridized carbons (Fsp3) is 0.650. The van der Waals surface area contributed by atoms with Crippen LogP contribution < -0.4 is 16.4 Å². The van der Waals surface area contributed by atoms with E-state index in [0.717, 1.165) is 4.90 Å². The maximum absolute atomic E-state index is 12.9. The van der Waals surface area contributed by atoms with Gasteiger partial charge < -0.3 is 36.5 Å². The lowest BCUT2D eigenvalue weighted by molar-refractivity contribution is -0.150. The van der Waals surface area contributed by atoms with Crippen LogP contribution in [0.4, 0.5) is 0 Å². The number of carbonyl (C=O) groups excluding carboxylic acids is 3. The van der Waals surface area contributed by atoms with Gasteiger partial charge in [0.2, 0.25) is 17.7 Å². The van der Waals surface area contributed by atoms with Gasteiger partial charge in [-0.2, -0.15) is 0 Å². The van der Waals surface area contributed by atoms with E-state index in [1.54, 1.807) is 20.0 Å². The highest BCUT2D eigenvalue weighted by Gasteiger charge is 2.40.